The molecule has 2 saturated heterocycles. The zero-order chi connectivity index (χ0) is 16.8. The Kier molecular flexibility index (Phi) is 6.21. The summed E-state index contributed by atoms with van der Waals surface area (Å²) in [5, 5.41) is 0. The molecule has 2 aliphatic rings. The van der Waals surface area contributed by atoms with Crippen LogP contribution in [-0.2, 0) is 11.3 Å². The largest absolute Gasteiger partial charge is 0.340 e. The van der Waals surface area contributed by atoms with Gasteiger partial charge in [0.1, 0.15) is 5.82 Å². The Labute approximate surface area is 144 Å². The van der Waals surface area contributed by atoms with E-state index in [-0.39, 0.29) is 11.7 Å². The van der Waals surface area contributed by atoms with Gasteiger partial charge in [0.05, 0.1) is 0 Å². The SMILES string of the molecule is O=C1CCN(Cc2cccc(F)c2)CCN1CCN1CCCCC1. The van der Waals surface area contributed by atoms with Crippen LogP contribution in [0, 0.1) is 5.82 Å². The van der Waals surface area contributed by atoms with E-state index in [9.17, 15) is 9.18 Å². The maximum atomic E-state index is 13.3. The minimum Gasteiger partial charge on any atom is -0.340 e. The predicted octanol–water partition coefficient (Wildman–Crippen LogP) is 2.35. The molecule has 0 unspecified atom stereocenters. The van der Waals surface area contributed by atoms with Crippen molar-refractivity contribution < 1.29 is 9.18 Å². The van der Waals surface area contributed by atoms with Gasteiger partial charge in [0.15, 0.2) is 0 Å². The van der Waals surface area contributed by atoms with Crippen molar-refractivity contribution in [1.29, 1.82) is 0 Å². The molecule has 0 spiro atoms. The van der Waals surface area contributed by atoms with Crippen molar-refractivity contribution in [2.75, 3.05) is 45.8 Å². The second-order valence-electron chi connectivity index (χ2n) is 6.94. The summed E-state index contributed by atoms with van der Waals surface area (Å²) in [5.41, 5.74) is 0.976. The smallest absolute Gasteiger partial charge is 0.223 e. The predicted molar refractivity (Wildman–Crippen MR) is 93.2 cm³/mol. The van der Waals surface area contributed by atoms with Crippen LogP contribution in [0.4, 0.5) is 4.39 Å². The van der Waals surface area contributed by atoms with Gasteiger partial charge in [0.25, 0.3) is 0 Å². The molecule has 1 aromatic rings. The molecule has 2 fully saturated rings. The molecule has 4 nitrogen and oxygen atoms in total. The quantitative estimate of drug-likeness (QED) is 0.828. The third-order valence-corrected chi connectivity index (χ3v) is 5.11. The zero-order valence-corrected chi connectivity index (χ0v) is 14.4. The molecule has 0 bridgehead atoms. The number of piperidine rings is 1. The first-order chi connectivity index (χ1) is 11.7. The molecule has 24 heavy (non-hydrogen) atoms. The second-order valence-corrected chi connectivity index (χ2v) is 6.94. The Morgan fingerprint density at radius 3 is 2.54 bits per heavy atom. The van der Waals surface area contributed by atoms with Crippen LogP contribution < -0.4 is 0 Å². The average Bonchev–Trinajstić information content (AvgIpc) is 2.76. The lowest BCUT2D eigenvalue weighted by molar-refractivity contribution is -0.130. The minimum atomic E-state index is -0.193. The molecule has 5 heteroatoms. The van der Waals surface area contributed by atoms with Gasteiger partial charge < -0.3 is 9.80 Å². The van der Waals surface area contributed by atoms with Crippen molar-refractivity contribution in [3.63, 3.8) is 0 Å². The van der Waals surface area contributed by atoms with Gasteiger partial charge in [-0.2, -0.15) is 0 Å². The fourth-order valence-electron chi connectivity index (χ4n) is 3.64. The average molecular weight is 333 g/mol. The van der Waals surface area contributed by atoms with E-state index in [0.717, 1.165) is 38.3 Å². The highest BCUT2D eigenvalue weighted by Gasteiger charge is 2.21. The van der Waals surface area contributed by atoms with Crippen molar-refractivity contribution >= 4 is 5.91 Å². The molecular formula is C19H28FN3O. The van der Waals surface area contributed by atoms with Crippen molar-refractivity contribution in [3.8, 4) is 0 Å². The first-order valence-corrected chi connectivity index (χ1v) is 9.18. The summed E-state index contributed by atoms with van der Waals surface area (Å²) < 4.78 is 13.3. The minimum absolute atomic E-state index is 0.193. The summed E-state index contributed by atoms with van der Waals surface area (Å²) in [6.07, 6.45) is 4.48. The lowest BCUT2D eigenvalue weighted by Gasteiger charge is -2.29. The molecule has 1 amide bonds. The van der Waals surface area contributed by atoms with Crippen LogP contribution in [0.2, 0.25) is 0 Å². The van der Waals surface area contributed by atoms with Crippen LogP contribution in [0.5, 0.6) is 0 Å². The van der Waals surface area contributed by atoms with Gasteiger partial charge in [-0.15, -0.1) is 0 Å². The summed E-state index contributed by atoms with van der Waals surface area (Å²) in [6.45, 7) is 7.30. The van der Waals surface area contributed by atoms with Gasteiger partial charge >= 0.3 is 0 Å². The third kappa shape index (κ3) is 5.02. The number of likely N-dealkylation sites (tertiary alicyclic amines) is 1. The maximum absolute atomic E-state index is 13.3. The van der Waals surface area contributed by atoms with E-state index in [2.05, 4.69) is 9.80 Å². The standard InChI is InChI=1S/C19H28FN3O/c20-18-6-4-5-17(15-18)16-22-10-7-19(24)23(14-12-22)13-11-21-8-2-1-3-9-21/h4-6,15H,1-3,7-14,16H2. The highest BCUT2D eigenvalue weighted by atomic mass is 19.1. The Balaban J connectivity index is 1.48. The topological polar surface area (TPSA) is 26.8 Å². The van der Waals surface area contributed by atoms with Crippen LogP contribution in [0.3, 0.4) is 0 Å². The van der Waals surface area contributed by atoms with Crippen LogP contribution >= 0.6 is 0 Å². The molecule has 0 aromatic heterocycles. The number of hydrogen-bond acceptors (Lipinski definition) is 3. The van der Waals surface area contributed by atoms with E-state index in [4.69, 9.17) is 0 Å². The molecular weight excluding hydrogens is 305 g/mol. The van der Waals surface area contributed by atoms with E-state index in [0.29, 0.717) is 13.0 Å². The van der Waals surface area contributed by atoms with Crippen LogP contribution in [0.1, 0.15) is 31.2 Å². The maximum Gasteiger partial charge on any atom is 0.223 e. The summed E-state index contributed by atoms with van der Waals surface area (Å²) >= 11 is 0. The van der Waals surface area contributed by atoms with Gasteiger partial charge in [-0.25, -0.2) is 4.39 Å². The number of rotatable bonds is 5. The van der Waals surface area contributed by atoms with Crippen LogP contribution in [-0.4, -0.2) is 66.4 Å². The van der Waals surface area contributed by atoms with Crippen molar-refractivity contribution in [3.05, 3.63) is 35.6 Å². The first kappa shape index (κ1) is 17.4. The Morgan fingerprint density at radius 1 is 0.917 bits per heavy atom. The lowest BCUT2D eigenvalue weighted by Crippen LogP contribution is -2.41. The van der Waals surface area contributed by atoms with E-state index in [1.807, 2.05) is 11.0 Å². The summed E-state index contributed by atoms with van der Waals surface area (Å²) in [7, 11) is 0. The molecule has 2 aliphatic heterocycles. The lowest BCUT2D eigenvalue weighted by atomic mass is 10.1. The van der Waals surface area contributed by atoms with E-state index >= 15 is 0 Å². The summed E-state index contributed by atoms with van der Waals surface area (Å²) in [4.78, 5) is 19.1. The normalized spacial score (nSPS) is 21.0. The van der Waals surface area contributed by atoms with Gasteiger partial charge in [0, 0.05) is 45.7 Å². The van der Waals surface area contributed by atoms with Gasteiger partial charge in [-0.3, -0.25) is 9.69 Å². The van der Waals surface area contributed by atoms with Gasteiger partial charge in [-0.1, -0.05) is 18.6 Å². The summed E-state index contributed by atoms with van der Waals surface area (Å²) in [6, 6.07) is 6.75. The number of halogens is 1. The molecule has 0 saturated carbocycles. The van der Waals surface area contributed by atoms with Crippen molar-refractivity contribution in [2.24, 2.45) is 0 Å². The fourth-order valence-corrected chi connectivity index (χ4v) is 3.64. The fraction of sp³-hybridized carbons (Fsp3) is 0.632. The highest BCUT2D eigenvalue weighted by molar-refractivity contribution is 5.76. The Morgan fingerprint density at radius 2 is 1.75 bits per heavy atom. The molecule has 0 radical (unpaired) electrons. The van der Waals surface area contributed by atoms with Crippen molar-refractivity contribution in [1.82, 2.24) is 14.7 Å². The summed E-state index contributed by atoms with van der Waals surface area (Å²) in [5.74, 6) is 0.0651. The molecule has 2 heterocycles. The van der Waals surface area contributed by atoms with Crippen LogP contribution in [0.15, 0.2) is 24.3 Å². The number of hydrogen-bond donors (Lipinski definition) is 0. The van der Waals surface area contributed by atoms with Crippen LogP contribution in [0.25, 0.3) is 0 Å². The monoisotopic (exact) mass is 333 g/mol. The number of benzene rings is 1. The molecule has 0 aliphatic carbocycles. The molecule has 3 rings (SSSR count). The molecule has 0 atom stereocenters. The number of amides is 1. The van der Waals surface area contributed by atoms with Gasteiger partial charge in [-0.05, 0) is 43.6 Å². The van der Waals surface area contributed by atoms with E-state index < -0.39 is 0 Å². The number of carbonyl (C=O) groups is 1. The highest BCUT2D eigenvalue weighted by Crippen LogP contribution is 2.12. The zero-order valence-electron chi connectivity index (χ0n) is 14.4. The van der Waals surface area contributed by atoms with Crippen molar-refractivity contribution in [2.45, 2.75) is 32.2 Å². The van der Waals surface area contributed by atoms with Gasteiger partial charge in [0.2, 0.25) is 5.91 Å². The first-order valence-electron chi connectivity index (χ1n) is 9.18. The molecule has 132 valence electrons. The Hall–Kier alpha value is -1.46. The second kappa shape index (κ2) is 8.58. The van der Waals surface area contributed by atoms with E-state index in [1.54, 1.807) is 12.1 Å². The number of carbonyl (C=O) groups excluding carboxylic acids is 1. The number of nitrogens with zero attached hydrogens (tertiary/aromatic N) is 3. The Bertz CT molecular complexity index is 545. The van der Waals surface area contributed by atoms with E-state index in [1.165, 1.54) is 38.4 Å². The molecule has 0 N–H and O–H groups in total. The third-order valence-electron chi connectivity index (χ3n) is 5.11. The molecule has 1 aromatic carbocycles.